The fourth-order valence-electron chi connectivity index (χ4n) is 1.29. The Morgan fingerprint density at radius 2 is 1.59 bits per heavy atom. The predicted molar refractivity (Wildman–Crippen MR) is 76.9 cm³/mol. The van der Waals surface area contributed by atoms with Crippen molar-refractivity contribution in [2.24, 2.45) is 5.73 Å². The predicted octanol–water partition coefficient (Wildman–Crippen LogP) is 4.09. The van der Waals surface area contributed by atoms with Crippen molar-refractivity contribution in [3.05, 3.63) is 29.8 Å². The van der Waals surface area contributed by atoms with Crippen LogP contribution in [0.3, 0.4) is 0 Å². The van der Waals surface area contributed by atoms with Gasteiger partial charge in [0, 0.05) is 6.04 Å². The molecule has 0 fully saturated rings. The van der Waals surface area contributed by atoms with Gasteiger partial charge in [0.05, 0.1) is 0 Å². The highest BCUT2D eigenvalue weighted by Gasteiger charge is 2.38. The Hall–Kier alpha value is -0.803. The first kappa shape index (κ1) is 14.3. The molecule has 17 heavy (non-hydrogen) atoms. The van der Waals surface area contributed by atoms with E-state index in [9.17, 15) is 0 Å². The lowest BCUT2D eigenvalue weighted by atomic mass is 10.1. The highest BCUT2D eigenvalue weighted by molar-refractivity contribution is 6.74. The summed E-state index contributed by atoms with van der Waals surface area (Å²) in [6, 6.07) is 8.23. The van der Waals surface area contributed by atoms with Gasteiger partial charge >= 0.3 is 0 Å². The lowest BCUT2D eigenvalue weighted by molar-refractivity contribution is 0.492. The largest absolute Gasteiger partial charge is 0.544 e. The van der Waals surface area contributed by atoms with E-state index < -0.39 is 8.32 Å². The van der Waals surface area contributed by atoms with Crippen LogP contribution in [0.4, 0.5) is 0 Å². The van der Waals surface area contributed by atoms with Gasteiger partial charge in [-0.3, -0.25) is 0 Å². The Kier molecular flexibility index (Phi) is 4.05. The Morgan fingerprint density at radius 3 is 1.94 bits per heavy atom. The summed E-state index contributed by atoms with van der Waals surface area (Å²) in [4.78, 5) is 0. The number of hydrogen-bond acceptors (Lipinski definition) is 2. The van der Waals surface area contributed by atoms with Gasteiger partial charge in [-0.1, -0.05) is 32.9 Å². The van der Waals surface area contributed by atoms with Gasteiger partial charge in [0.2, 0.25) is 8.32 Å². The quantitative estimate of drug-likeness (QED) is 0.821. The van der Waals surface area contributed by atoms with Gasteiger partial charge in [0.15, 0.2) is 0 Å². The minimum atomic E-state index is -1.72. The normalized spacial score (nSPS) is 14.5. The van der Waals surface area contributed by atoms with Crippen molar-refractivity contribution in [3.8, 4) is 5.75 Å². The van der Waals surface area contributed by atoms with Crippen LogP contribution in [0.1, 0.15) is 39.3 Å². The molecule has 0 bridgehead atoms. The van der Waals surface area contributed by atoms with Gasteiger partial charge < -0.3 is 10.2 Å². The van der Waals surface area contributed by atoms with Crippen LogP contribution in [0.5, 0.6) is 5.75 Å². The molecule has 1 aromatic carbocycles. The molecule has 0 saturated carbocycles. The Balaban J connectivity index is 2.83. The zero-order valence-corrected chi connectivity index (χ0v) is 12.9. The standard InChI is InChI=1S/C14H25NOSi/c1-11(15)12-7-9-13(10-8-12)16-17(5,6)14(2,3)4/h7-11H,15H2,1-6H3/t11-/m1/s1. The molecular weight excluding hydrogens is 226 g/mol. The molecule has 3 heteroatoms. The third kappa shape index (κ3) is 3.58. The Morgan fingerprint density at radius 1 is 1.12 bits per heavy atom. The number of rotatable bonds is 3. The maximum Gasteiger partial charge on any atom is 0.250 e. The van der Waals surface area contributed by atoms with E-state index in [4.69, 9.17) is 10.2 Å². The average molecular weight is 251 g/mol. The summed E-state index contributed by atoms with van der Waals surface area (Å²) in [7, 11) is -1.72. The summed E-state index contributed by atoms with van der Waals surface area (Å²) >= 11 is 0. The van der Waals surface area contributed by atoms with E-state index >= 15 is 0 Å². The Labute approximate surface area is 106 Å². The first-order valence-electron chi connectivity index (χ1n) is 6.18. The zero-order valence-electron chi connectivity index (χ0n) is 11.9. The van der Waals surface area contributed by atoms with Gasteiger partial charge in [0.1, 0.15) is 5.75 Å². The third-order valence-corrected chi connectivity index (χ3v) is 7.94. The van der Waals surface area contributed by atoms with Gasteiger partial charge in [-0.2, -0.15) is 0 Å². The second kappa shape index (κ2) is 4.82. The molecule has 0 amide bonds. The molecule has 0 aliphatic carbocycles. The lowest BCUT2D eigenvalue weighted by Gasteiger charge is -2.36. The summed E-state index contributed by atoms with van der Waals surface area (Å²) in [5.41, 5.74) is 6.97. The van der Waals surface area contributed by atoms with Gasteiger partial charge in [-0.25, -0.2) is 0 Å². The number of benzene rings is 1. The van der Waals surface area contributed by atoms with E-state index in [1.54, 1.807) is 0 Å². The molecule has 1 aromatic rings. The maximum absolute atomic E-state index is 6.20. The fraction of sp³-hybridized carbons (Fsp3) is 0.571. The van der Waals surface area contributed by atoms with E-state index in [0.29, 0.717) is 0 Å². The van der Waals surface area contributed by atoms with E-state index in [2.05, 4.69) is 33.9 Å². The van der Waals surface area contributed by atoms with Crippen LogP contribution >= 0.6 is 0 Å². The summed E-state index contributed by atoms with van der Waals surface area (Å²) in [6.45, 7) is 13.2. The summed E-state index contributed by atoms with van der Waals surface area (Å²) in [5.74, 6) is 0.959. The first-order chi connectivity index (χ1) is 7.63. The van der Waals surface area contributed by atoms with E-state index in [-0.39, 0.29) is 11.1 Å². The van der Waals surface area contributed by atoms with Gasteiger partial charge in [0.25, 0.3) is 0 Å². The smallest absolute Gasteiger partial charge is 0.250 e. The molecule has 1 rings (SSSR count). The van der Waals surface area contributed by atoms with Crippen LogP contribution in [0.15, 0.2) is 24.3 Å². The second-order valence-corrected chi connectivity index (χ2v) is 10.9. The Bertz CT molecular complexity index is 363. The number of hydrogen-bond donors (Lipinski definition) is 1. The van der Waals surface area contributed by atoms with Crippen molar-refractivity contribution in [2.45, 2.75) is 51.9 Å². The second-order valence-electron chi connectivity index (χ2n) is 6.22. The molecular formula is C14H25NOSi. The van der Waals surface area contributed by atoms with Crippen molar-refractivity contribution >= 4 is 8.32 Å². The maximum atomic E-state index is 6.20. The van der Waals surface area contributed by atoms with E-state index in [1.165, 1.54) is 0 Å². The minimum absolute atomic E-state index is 0.0805. The lowest BCUT2D eigenvalue weighted by Crippen LogP contribution is -2.43. The summed E-state index contributed by atoms with van der Waals surface area (Å²) in [5, 5.41) is 0.229. The third-order valence-electron chi connectivity index (χ3n) is 3.59. The molecule has 0 saturated heterocycles. The highest BCUT2D eigenvalue weighted by atomic mass is 28.4. The molecule has 0 aromatic heterocycles. The minimum Gasteiger partial charge on any atom is -0.544 e. The van der Waals surface area contributed by atoms with E-state index in [0.717, 1.165) is 11.3 Å². The van der Waals surface area contributed by atoms with Crippen LogP contribution in [0, 0.1) is 0 Å². The molecule has 0 aliphatic heterocycles. The first-order valence-corrected chi connectivity index (χ1v) is 9.09. The molecule has 96 valence electrons. The molecule has 1 atom stereocenters. The van der Waals surface area contributed by atoms with Crippen LogP contribution in [0.25, 0.3) is 0 Å². The molecule has 0 heterocycles. The topological polar surface area (TPSA) is 35.2 Å². The SMILES string of the molecule is C[C@@H](N)c1ccc(O[Si](C)(C)C(C)(C)C)cc1. The van der Waals surface area contributed by atoms with E-state index in [1.807, 2.05) is 31.2 Å². The molecule has 2 nitrogen and oxygen atoms in total. The van der Waals surface area contributed by atoms with Crippen LogP contribution in [-0.2, 0) is 0 Å². The highest BCUT2D eigenvalue weighted by Crippen LogP contribution is 2.37. The van der Waals surface area contributed by atoms with Crippen molar-refractivity contribution in [1.29, 1.82) is 0 Å². The summed E-state index contributed by atoms with van der Waals surface area (Å²) < 4.78 is 6.20. The van der Waals surface area contributed by atoms with Crippen LogP contribution < -0.4 is 10.2 Å². The van der Waals surface area contributed by atoms with Gasteiger partial charge in [-0.15, -0.1) is 0 Å². The fourth-order valence-corrected chi connectivity index (χ4v) is 2.32. The number of nitrogens with two attached hydrogens (primary N) is 1. The van der Waals surface area contributed by atoms with Crippen molar-refractivity contribution in [1.82, 2.24) is 0 Å². The van der Waals surface area contributed by atoms with Crippen LogP contribution in [0.2, 0.25) is 18.1 Å². The van der Waals surface area contributed by atoms with Gasteiger partial charge in [-0.05, 0) is 42.8 Å². The molecule has 0 spiro atoms. The van der Waals surface area contributed by atoms with Crippen molar-refractivity contribution in [3.63, 3.8) is 0 Å². The summed E-state index contributed by atoms with van der Waals surface area (Å²) in [6.07, 6.45) is 0. The van der Waals surface area contributed by atoms with Crippen molar-refractivity contribution in [2.75, 3.05) is 0 Å². The average Bonchev–Trinajstić information content (AvgIpc) is 2.16. The molecule has 0 unspecified atom stereocenters. The van der Waals surface area contributed by atoms with Crippen molar-refractivity contribution < 1.29 is 4.43 Å². The van der Waals surface area contributed by atoms with Crippen LogP contribution in [-0.4, -0.2) is 8.32 Å². The monoisotopic (exact) mass is 251 g/mol. The molecule has 0 aliphatic rings. The molecule has 0 radical (unpaired) electrons. The zero-order chi connectivity index (χ0) is 13.3. The molecule has 2 N–H and O–H groups in total.